The number of nitro groups is 1. The highest BCUT2D eigenvalue weighted by atomic mass is 19.4. The van der Waals surface area contributed by atoms with Crippen molar-refractivity contribution in [1.82, 2.24) is 5.32 Å². The fourth-order valence-electron chi connectivity index (χ4n) is 4.59. The molecule has 7 nitrogen and oxygen atoms in total. The number of carbonyl (C=O) groups excluding carboxylic acids is 1. The molecule has 0 atom stereocenters. The molecule has 0 aliphatic heterocycles. The van der Waals surface area contributed by atoms with Gasteiger partial charge in [-0.1, -0.05) is 60.7 Å². The van der Waals surface area contributed by atoms with Crippen LogP contribution < -0.4 is 14.8 Å². The van der Waals surface area contributed by atoms with Crippen molar-refractivity contribution in [3.63, 3.8) is 0 Å². The third-order valence-electron chi connectivity index (χ3n) is 6.43. The Morgan fingerprint density at radius 2 is 1.30 bits per heavy atom. The summed E-state index contributed by atoms with van der Waals surface area (Å²) in [6.45, 7) is 1.47. The van der Waals surface area contributed by atoms with Crippen LogP contribution in [0.1, 0.15) is 32.6 Å². The minimum absolute atomic E-state index is 0.0113. The number of benzene rings is 4. The third-order valence-corrected chi connectivity index (χ3v) is 6.43. The lowest BCUT2D eigenvalue weighted by atomic mass is 9.77. The second-order valence-electron chi connectivity index (χ2n) is 9.43. The van der Waals surface area contributed by atoms with Gasteiger partial charge in [-0.05, 0) is 53.9 Å². The summed E-state index contributed by atoms with van der Waals surface area (Å²) in [7, 11) is 0. The Morgan fingerprint density at radius 3 is 1.79 bits per heavy atom. The quantitative estimate of drug-likeness (QED) is 0.121. The minimum atomic E-state index is -5.06. The van der Waals surface area contributed by atoms with Crippen LogP contribution in [0, 0.1) is 17.0 Å². The fraction of sp³-hybridized carbons (Fsp3) is 0.167. The summed E-state index contributed by atoms with van der Waals surface area (Å²) in [5.41, 5.74) is -1.53. The molecular formula is C30H22F6N2O5. The Balaban J connectivity index is 1.96. The molecule has 0 spiro atoms. The van der Waals surface area contributed by atoms with Crippen molar-refractivity contribution in [3.8, 4) is 11.5 Å². The van der Waals surface area contributed by atoms with E-state index in [0.29, 0.717) is 5.56 Å². The van der Waals surface area contributed by atoms with Gasteiger partial charge in [0.25, 0.3) is 11.6 Å². The molecule has 1 amide bonds. The largest absolute Gasteiger partial charge is 0.573 e. The number of carbonyl (C=O) groups is 1. The molecule has 4 aromatic rings. The molecule has 0 bridgehead atoms. The minimum Gasteiger partial charge on any atom is -0.406 e. The molecular weight excluding hydrogens is 582 g/mol. The molecule has 224 valence electrons. The van der Waals surface area contributed by atoms with Gasteiger partial charge in [0.1, 0.15) is 11.5 Å². The summed E-state index contributed by atoms with van der Waals surface area (Å²) in [5.74, 6) is -2.18. The number of amides is 1. The van der Waals surface area contributed by atoms with E-state index in [0.717, 1.165) is 30.3 Å². The smallest absolute Gasteiger partial charge is 0.406 e. The molecule has 0 radical (unpaired) electrons. The number of rotatable bonds is 9. The molecule has 0 unspecified atom stereocenters. The van der Waals surface area contributed by atoms with Crippen LogP contribution in [-0.4, -0.2) is 23.6 Å². The van der Waals surface area contributed by atoms with E-state index in [1.807, 2.05) is 0 Å². The van der Waals surface area contributed by atoms with E-state index in [-0.39, 0.29) is 34.4 Å². The van der Waals surface area contributed by atoms with Gasteiger partial charge >= 0.3 is 12.7 Å². The molecule has 43 heavy (non-hydrogen) atoms. The normalized spacial score (nSPS) is 12.0. The number of aryl methyl sites for hydroxylation is 1. The van der Waals surface area contributed by atoms with Gasteiger partial charge in [0.15, 0.2) is 0 Å². The summed E-state index contributed by atoms with van der Waals surface area (Å²) >= 11 is 0. The Morgan fingerprint density at radius 1 is 0.767 bits per heavy atom. The average Bonchev–Trinajstić information content (AvgIpc) is 2.91. The molecule has 0 heterocycles. The lowest BCUT2D eigenvalue weighted by molar-refractivity contribution is -0.385. The Hall–Kier alpha value is -5.07. The maximum Gasteiger partial charge on any atom is 0.573 e. The fourth-order valence-corrected chi connectivity index (χ4v) is 4.59. The summed E-state index contributed by atoms with van der Waals surface area (Å²) in [6, 6.07) is 21.3. The van der Waals surface area contributed by atoms with Gasteiger partial charge in [0.05, 0.1) is 10.5 Å². The van der Waals surface area contributed by atoms with Crippen LogP contribution in [0.4, 0.5) is 32.0 Å². The maximum absolute atomic E-state index is 13.8. The Bertz CT molecular complexity index is 1560. The highest BCUT2D eigenvalue weighted by Crippen LogP contribution is 2.39. The van der Waals surface area contributed by atoms with Crippen molar-refractivity contribution in [2.75, 3.05) is 0 Å². The molecule has 0 aliphatic carbocycles. The van der Waals surface area contributed by atoms with Gasteiger partial charge in [-0.3, -0.25) is 14.9 Å². The Kier molecular flexibility index (Phi) is 8.65. The highest BCUT2D eigenvalue weighted by Gasteiger charge is 2.39. The number of ether oxygens (including phenoxy) is 2. The molecule has 0 aliphatic rings. The maximum atomic E-state index is 13.8. The van der Waals surface area contributed by atoms with Crippen LogP contribution in [-0.2, 0) is 12.0 Å². The predicted molar refractivity (Wildman–Crippen MR) is 142 cm³/mol. The van der Waals surface area contributed by atoms with Crippen molar-refractivity contribution < 1.29 is 45.5 Å². The summed E-state index contributed by atoms with van der Waals surface area (Å²) in [6.07, 6.45) is -10.3. The second kappa shape index (κ2) is 12.0. The zero-order valence-electron chi connectivity index (χ0n) is 22.2. The molecule has 0 fully saturated rings. The zero-order valence-corrected chi connectivity index (χ0v) is 22.2. The van der Waals surface area contributed by atoms with Crippen LogP contribution in [0.3, 0.4) is 0 Å². The second-order valence-corrected chi connectivity index (χ2v) is 9.43. The first kappa shape index (κ1) is 30.9. The van der Waals surface area contributed by atoms with Crippen molar-refractivity contribution in [2.45, 2.75) is 31.6 Å². The van der Waals surface area contributed by atoms with Gasteiger partial charge in [-0.15, -0.1) is 26.3 Å². The Labute approximate surface area is 240 Å². The van der Waals surface area contributed by atoms with E-state index in [1.165, 1.54) is 43.3 Å². The number of nitrogens with zero attached hydrogens (tertiary/aromatic N) is 1. The molecule has 4 rings (SSSR count). The SMILES string of the molecule is Cc1ccc(C(=O)NC(Cc2ccccc2)(c2cccc(OC(F)(F)F)c2)c2cccc(OC(F)(F)F)c2)cc1[N+](=O)[O-]. The summed E-state index contributed by atoms with van der Waals surface area (Å²) in [4.78, 5) is 24.6. The van der Waals surface area contributed by atoms with E-state index in [9.17, 15) is 41.3 Å². The van der Waals surface area contributed by atoms with Crippen LogP contribution in [0.25, 0.3) is 0 Å². The first-order valence-corrected chi connectivity index (χ1v) is 12.5. The number of alkyl halides is 6. The summed E-state index contributed by atoms with van der Waals surface area (Å²) < 4.78 is 87.1. The number of hydrogen-bond acceptors (Lipinski definition) is 5. The van der Waals surface area contributed by atoms with Crippen LogP contribution in [0.5, 0.6) is 11.5 Å². The molecule has 1 N–H and O–H groups in total. The molecule has 0 saturated heterocycles. The zero-order chi connectivity index (χ0) is 31.4. The van der Waals surface area contributed by atoms with Crippen molar-refractivity contribution in [2.24, 2.45) is 0 Å². The van der Waals surface area contributed by atoms with Gasteiger partial charge in [-0.25, -0.2) is 0 Å². The van der Waals surface area contributed by atoms with Crippen molar-refractivity contribution in [3.05, 3.63) is 135 Å². The van der Waals surface area contributed by atoms with Crippen LogP contribution in [0.2, 0.25) is 0 Å². The summed E-state index contributed by atoms with van der Waals surface area (Å²) in [5, 5.41) is 14.3. The van der Waals surface area contributed by atoms with Crippen molar-refractivity contribution >= 4 is 11.6 Å². The average molecular weight is 605 g/mol. The van der Waals surface area contributed by atoms with Gasteiger partial charge < -0.3 is 14.8 Å². The molecule has 0 aromatic heterocycles. The van der Waals surface area contributed by atoms with Gasteiger partial charge in [0, 0.05) is 23.6 Å². The molecule has 4 aromatic carbocycles. The van der Waals surface area contributed by atoms with E-state index >= 15 is 0 Å². The lowest BCUT2D eigenvalue weighted by Crippen LogP contribution is -2.48. The van der Waals surface area contributed by atoms with E-state index in [4.69, 9.17) is 0 Å². The van der Waals surface area contributed by atoms with Gasteiger partial charge in [-0.2, -0.15) is 0 Å². The molecule has 0 saturated carbocycles. The highest BCUT2D eigenvalue weighted by molar-refractivity contribution is 5.96. The predicted octanol–water partition coefficient (Wildman–Crippen LogP) is 7.62. The van der Waals surface area contributed by atoms with Crippen molar-refractivity contribution in [1.29, 1.82) is 0 Å². The number of halogens is 6. The van der Waals surface area contributed by atoms with E-state index in [2.05, 4.69) is 14.8 Å². The lowest BCUT2D eigenvalue weighted by Gasteiger charge is -2.37. The van der Waals surface area contributed by atoms with E-state index < -0.39 is 40.6 Å². The van der Waals surface area contributed by atoms with Crippen LogP contribution >= 0.6 is 0 Å². The number of hydrogen-bond donors (Lipinski definition) is 1. The van der Waals surface area contributed by atoms with E-state index in [1.54, 1.807) is 30.3 Å². The third kappa shape index (κ3) is 7.82. The standard InChI is InChI=1S/C30H22F6N2O5/c1-19-13-14-21(15-26(19)38(40)41)27(39)37-28(18-20-7-3-2-4-8-20,22-9-5-11-24(16-22)42-29(31,32)33)23-10-6-12-25(17-23)43-30(34,35)36/h2-17H,18H2,1H3,(H,37,39). The van der Waals surface area contributed by atoms with Crippen LogP contribution in [0.15, 0.2) is 97.1 Å². The topological polar surface area (TPSA) is 90.7 Å². The number of nitro benzene ring substituents is 1. The first-order valence-electron chi connectivity index (χ1n) is 12.5. The number of nitrogens with one attached hydrogen (secondary N) is 1. The van der Waals surface area contributed by atoms with Gasteiger partial charge in [0.2, 0.25) is 0 Å². The first-order chi connectivity index (χ1) is 20.1. The monoisotopic (exact) mass is 604 g/mol. The molecule has 13 heteroatoms.